The number of nitrogens with one attached hydrogen (secondary N) is 1. The number of hydrogen-bond donors (Lipinski definition) is 1. The van der Waals surface area contributed by atoms with Gasteiger partial charge < -0.3 is 10.2 Å². The lowest BCUT2D eigenvalue weighted by Crippen LogP contribution is -2.54. The van der Waals surface area contributed by atoms with Crippen LogP contribution < -0.4 is 5.32 Å². The van der Waals surface area contributed by atoms with Gasteiger partial charge in [0.1, 0.15) is 6.04 Å². The zero-order valence-corrected chi connectivity index (χ0v) is 16.4. The van der Waals surface area contributed by atoms with Gasteiger partial charge in [0.2, 0.25) is 11.8 Å². The fraction of sp³-hybridized carbons (Fsp3) is 0.579. The van der Waals surface area contributed by atoms with Crippen molar-refractivity contribution in [2.75, 3.05) is 6.54 Å². The van der Waals surface area contributed by atoms with E-state index in [1.807, 2.05) is 20.8 Å². The smallest absolute Gasteiger partial charge is 0.350 e. The Balaban J connectivity index is 2.11. The molecule has 8 heteroatoms. The Morgan fingerprint density at radius 2 is 1.96 bits per heavy atom. The molecule has 0 bridgehead atoms. The van der Waals surface area contributed by atoms with Crippen molar-refractivity contribution in [3.05, 3.63) is 34.3 Å². The fourth-order valence-corrected chi connectivity index (χ4v) is 3.44. The van der Waals surface area contributed by atoms with E-state index in [-0.39, 0.29) is 29.3 Å². The number of carbonyl (C=O) groups excluding carboxylic acids is 2. The first-order chi connectivity index (χ1) is 12.4. The average Bonchev–Trinajstić information content (AvgIpc) is 2.53. The van der Waals surface area contributed by atoms with Crippen molar-refractivity contribution in [3.63, 3.8) is 0 Å². The molecule has 1 aliphatic rings. The normalized spacial score (nSPS) is 18.6. The maximum absolute atomic E-state index is 13.0. The van der Waals surface area contributed by atoms with Gasteiger partial charge in [-0.25, -0.2) is 0 Å². The molecule has 27 heavy (non-hydrogen) atoms. The summed E-state index contributed by atoms with van der Waals surface area (Å²) < 4.78 is 38.9. The standard InChI is InChI=1S/C19H24ClF3N2O2/c1-18(2,3)11-25-14(8-5-9-15(25)26)17(27)24-10-12-6-4-7-13(16(12)20)19(21,22)23/h4,6-7,14H,5,8-11H2,1-3H3,(H,24,27). The van der Waals surface area contributed by atoms with Crippen LogP contribution in [-0.2, 0) is 22.3 Å². The van der Waals surface area contributed by atoms with Gasteiger partial charge in [-0.3, -0.25) is 9.59 Å². The number of carbonyl (C=O) groups is 2. The highest BCUT2D eigenvalue weighted by atomic mass is 35.5. The maximum atomic E-state index is 13.0. The van der Waals surface area contributed by atoms with Crippen LogP contribution in [0.2, 0.25) is 5.02 Å². The second-order valence-electron chi connectivity index (χ2n) is 7.98. The van der Waals surface area contributed by atoms with Crippen molar-refractivity contribution in [1.29, 1.82) is 0 Å². The number of likely N-dealkylation sites (tertiary alicyclic amines) is 1. The molecule has 1 N–H and O–H groups in total. The predicted molar refractivity (Wildman–Crippen MR) is 97.1 cm³/mol. The molecule has 4 nitrogen and oxygen atoms in total. The van der Waals surface area contributed by atoms with Crippen molar-refractivity contribution < 1.29 is 22.8 Å². The van der Waals surface area contributed by atoms with E-state index in [4.69, 9.17) is 11.6 Å². The average molecular weight is 405 g/mol. The van der Waals surface area contributed by atoms with E-state index in [1.54, 1.807) is 4.90 Å². The first-order valence-electron chi connectivity index (χ1n) is 8.82. The molecule has 1 aliphatic heterocycles. The highest BCUT2D eigenvalue weighted by Gasteiger charge is 2.36. The van der Waals surface area contributed by atoms with Gasteiger partial charge in [-0.2, -0.15) is 13.2 Å². The van der Waals surface area contributed by atoms with Crippen LogP contribution in [-0.4, -0.2) is 29.3 Å². The Kier molecular flexibility index (Phi) is 6.45. The molecule has 0 spiro atoms. The lowest BCUT2D eigenvalue weighted by Gasteiger charge is -2.38. The first kappa shape index (κ1) is 21.5. The van der Waals surface area contributed by atoms with Gasteiger partial charge >= 0.3 is 6.18 Å². The van der Waals surface area contributed by atoms with E-state index in [0.29, 0.717) is 25.8 Å². The fourth-order valence-electron chi connectivity index (χ4n) is 3.14. The first-order valence-corrected chi connectivity index (χ1v) is 9.20. The van der Waals surface area contributed by atoms with Gasteiger partial charge in [-0.1, -0.05) is 44.5 Å². The van der Waals surface area contributed by atoms with Crippen LogP contribution in [0.1, 0.15) is 51.2 Å². The van der Waals surface area contributed by atoms with Gasteiger partial charge in [0.25, 0.3) is 0 Å². The van der Waals surface area contributed by atoms with Crippen molar-refractivity contribution in [2.45, 2.75) is 58.8 Å². The Morgan fingerprint density at radius 3 is 2.56 bits per heavy atom. The number of rotatable bonds is 4. The summed E-state index contributed by atoms with van der Waals surface area (Å²) in [7, 11) is 0. The van der Waals surface area contributed by atoms with Crippen LogP contribution in [0.3, 0.4) is 0 Å². The highest BCUT2D eigenvalue weighted by molar-refractivity contribution is 6.32. The molecule has 2 rings (SSSR count). The molecule has 0 radical (unpaired) electrons. The summed E-state index contributed by atoms with van der Waals surface area (Å²) in [6.45, 7) is 6.24. The number of hydrogen-bond acceptors (Lipinski definition) is 2. The zero-order valence-electron chi connectivity index (χ0n) is 15.6. The third-order valence-electron chi connectivity index (χ3n) is 4.35. The van der Waals surface area contributed by atoms with E-state index >= 15 is 0 Å². The van der Waals surface area contributed by atoms with Gasteiger partial charge in [-0.05, 0) is 29.9 Å². The Labute approximate surface area is 162 Å². The molecule has 1 heterocycles. The second kappa shape index (κ2) is 8.09. The predicted octanol–water partition coefficient (Wildman–Crippen LogP) is 4.40. The van der Waals surface area contributed by atoms with Crippen LogP contribution >= 0.6 is 11.6 Å². The second-order valence-corrected chi connectivity index (χ2v) is 8.36. The van der Waals surface area contributed by atoms with Crippen LogP contribution in [0.15, 0.2) is 18.2 Å². The molecule has 1 atom stereocenters. The summed E-state index contributed by atoms with van der Waals surface area (Å²) in [5, 5.41) is 2.22. The lowest BCUT2D eigenvalue weighted by molar-refractivity contribution is -0.145. The summed E-state index contributed by atoms with van der Waals surface area (Å²) in [5.41, 5.74) is -0.918. The summed E-state index contributed by atoms with van der Waals surface area (Å²) in [4.78, 5) is 26.5. The molecule has 1 unspecified atom stereocenters. The molecule has 150 valence electrons. The van der Waals surface area contributed by atoms with Crippen LogP contribution in [0, 0.1) is 5.41 Å². The van der Waals surface area contributed by atoms with Crippen molar-refractivity contribution in [1.82, 2.24) is 10.2 Å². The van der Waals surface area contributed by atoms with Gasteiger partial charge in [0.05, 0.1) is 10.6 Å². The number of benzene rings is 1. The monoisotopic (exact) mass is 404 g/mol. The van der Waals surface area contributed by atoms with Crippen molar-refractivity contribution in [2.24, 2.45) is 5.41 Å². The number of amides is 2. The molecular weight excluding hydrogens is 381 g/mol. The quantitative estimate of drug-likeness (QED) is 0.808. The topological polar surface area (TPSA) is 49.4 Å². The summed E-state index contributed by atoms with van der Waals surface area (Å²) in [5.74, 6) is -0.450. The SMILES string of the molecule is CC(C)(C)CN1C(=O)CCCC1C(=O)NCc1cccc(C(F)(F)F)c1Cl. The minimum Gasteiger partial charge on any atom is -0.350 e. The maximum Gasteiger partial charge on any atom is 0.417 e. The van der Waals surface area contributed by atoms with Gasteiger partial charge in [0.15, 0.2) is 0 Å². The number of halogens is 4. The summed E-state index contributed by atoms with van der Waals surface area (Å²) in [6.07, 6.45) is -3.01. The minimum atomic E-state index is -4.56. The Morgan fingerprint density at radius 1 is 1.30 bits per heavy atom. The molecule has 2 amide bonds. The number of piperidine rings is 1. The molecule has 1 fully saturated rings. The zero-order chi connectivity index (χ0) is 20.4. The van der Waals surface area contributed by atoms with Gasteiger partial charge in [-0.15, -0.1) is 0 Å². The van der Waals surface area contributed by atoms with E-state index < -0.39 is 22.8 Å². The molecule has 0 aliphatic carbocycles. The molecular formula is C19H24ClF3N2O2. The van der Waals surface area contributed by atoms with Crippen LogP contribution in [0.5, 0.6) is 0 Å². The summed E-state index contributed by atoms with van der Waals surface area (Å²) >= 11 is 5.87. The molecule has 0 saturated carbocycles. The van der Waals surface area contributed by atoms with Crippen molar-refractivity contribution >= 4 is 23.4 Å². The lowest BCUT2D eigenvalue weighted by atomic mass is 9.92. The Hall–Kier alpha value is -1.76. The Bertz CT molecular complexity index is 714. The van der Waals surface area contributed by atoms with E-state index in [9.17, 15) is 22.8 Å². The minimum absolute atomic E-state index is 0.0755. The van der Waals surface area contributed by atoms with Crippen molar-refractivity contribution in [3.8, 4) is 0 Å². The largest absolute Gasteiger partial charge is 0.417 e. The van der Waals surface area contributed by atoms with E-state index in [0.717, 1.165) is 6.07 Å². The molecule has 1 aromatic rings. The molecule has 0 aromatic heterocycles. The van der Waals surface area contributed by atoms with Gasteiger partial charge in [0, 0.05) is 19.5 Å². The third-order valence-corrected chi connectivity index (χ3v) is 4.80. The number of nitrogens with zero attached hydrogens (tertiary/aromatic N) is 1. The van der Waals surface area contributed by atoms with E-state index in [2.05, 4.69) is 5.32 Å². The highest BCUT2D eigenvalue weighted by Crippen LogP contribution is 2.36. The third kappa shape index (κ3) is 5.61. The molecule has 1 saturated heterocycles. The van der Waals surface area contributed by atoms with Crippen LogP contribution in [0.4, 0.5) is 13.2 Å². The number of alkyl halides is 3. The van der Waals surface area contributed by atoms with E-state index in [1.165, 1.54) is 12.1 Å². The van der Waals surface area contributed by atoms with Crippen LogP contribution in [0.25, 0.3) is 0 Å². The summed E-state index contributed by atoms with van der Waals surface area (Å²) in [6, 6.07) is 2.98. The molecule has 1 aromatic carbocycles.